The summed E-state index contributed by atoms with van der Waals surface area (Å²) >= 11 is 0. The van der Waals surface area contributed by atoms with Gasteiger partial charge in [-0.1, -0.05) is 60.7 Å². The van der Waals surface area contributed by atoms with Gasteiger partial charge >= 0.3 is 0 Å². The van der Waals surface area contributed by atoms with Gasteiger partial charge in [-0.15, -0.1) is 0 Å². The number of carbonyl (C=O) groups is 2. The monoisotopic (exact) mass is 424 g/mol. The molecule has 0 fully saturated rings. The molecule has 2 N–H and O–H groups in total. The first-order valence-electron chi connectivity index (χ1n) is 9.99. The molecule has 7 heteroatoms. The van der Waals surface area contributed by atoms with Crippen LogP contribution in [0.25, 0.3) is 11.3 Å². The average Bonchev–Trinajstić information content (AvgIpc) is 2.83. The van der Waals surface area contributed by atoms with E-state index in [0.717, 1.165) is 10.2 Å². The normalized spacial score (nSPS) is 10.4. The number of aromatic nitrogens is 2. The van der Waals surface area contributed by atoms with Gasteiger partial charge in [0.15, 0.2) is 0 Å². The SMILES string of the molecule is O=C(Cn1nc(-c2ccccc2)ccc1=O)Nc1ccccc1NC(=O)c1ccccc1. The molecule has 158 valence electrons. The van der Waals surface area contributed by atoms with E-state index in [1.807, 2.05) is 36.4 Å². The number of carbonyl (C=O) groups excluding carboxylic acids is 2. The Morgan fingerprint density at radius 2 is 1.31 bits per heavy atom. The van der Waals surface area contributed by atoms with Crippen LogP contribution in [0.15, 0.2) is 102 Å². The summed E-state index contributed by atoms with van der Waals surface area (Å²) in [6.07, 6.45) is 0. The standard InChI is InChI=1S/C25H20N4O3/c30-23(17-29-24(31)16-15-20(28-29)18-9-3-1-4-10-18)26-21-13-7-8-14-22(21)27-25(32)19-11-5-2-6-12-19/h1-16H,17H2,(H,26,30)(H,27,32). The van der Waals surface area contributed by atoms with E-state index in [9.17, 15) is 14.4 Å². The fourth-order valence-corrected chi connectivity index (χ4v) is 3.14. The summed E-state index contributed by atoms with van der Waals surface area (Å²) in [5, 5.41) is 9.86. The zero-order valence-electron chi connectivity index (χ0n) is 17.1. The van der Waals surface area contributed by atoms with E-state index >= 15 is 0 Å². The first-order valence-corrected chi connectivity index (χ1v) is 9.99. The summed E-state index contributed by atoms with van der Waals surface area (Å²) in [5.41, 5.74) is 2.43. The summed E-state index contributed by atoms with van der Waals surface area (Å²) < 4.78 is 1.11. The van der Waals surface area contributed by atoms with Crippen LogP contribution in [0.2, 0.25) is 0 Å². The van der Waals surface area contributed by atoms with Gasteiger partial charge in [-0.2, -0.15) is 5.10 Å². The number of nitrogens with one attached hydrogen (secondary N) is 2. The van der Waals surface area contributed by atoms with Crippen molar-refractivity contribution in [2.45, 2.75) is 6.54 Å². The number of benzene rings is 3. The Hall–Kier alpha value is -4.52. The molecule has 0 radical (unpaired) electrons. The van der Waals surface area contributed by atoms with Crippen molar-refractivity contribution in [2.75, 3.05) is 10.6 Å². The van der Waals surface area contributed by atoms with E-state index in [0.29, 0.717) is 22.6 Å². The third kappa shape index (κ3) is 4.96. The van der Waals surface area contributed by atoms with E-state index in [1.165, 1.54) is 6.07 Å². The highest BCUT2D eigenvalue weighted by Crippen LogP contribution is 2.22. The number of amides is 2. The third-order valence-corrected chi connectivity index (χ3v) is 4.71. The van der Waals surface area contributed by atoms with Gasteiger partial charge in [0.25, 0.3) is 11.5 Å². The Kier molecular flexibility index (Phi) is 6.17. The highest BCUT2D eigenvalue weighted by atomic mass is 16.2. The zero-order valence-corrected chi connectivity index (χ0v) is 17.1. The first kappa shape index (κ1) is 20.7. The van der Waals surface area contributed by atoms with Crippen molar-refractivity contribution in [1.82, 2.24) is 9.78 Å². The maximum absolute atomic E-state index is 12.7. The van der Waals surface area contributed by atoms with Gasteiger partial charge in [0, 0.05) is 17.2 Å². The van der Waals surface area contributed by atoms with Gasteiger partial charge in [0.2, 0.25) is 5.91 Å². The lowest BCUT2D eigenvalue weighted by molar-refractivity contribution is -0.117. The van der Waals surface area contributed by atoms with Crippen molar-refractivity contribution in [3.8, 4) is 11.3 Å². The smallest absolute Gasteiger partial charge is 0.267 e. The van der Waals surface area contributed by atoms with Crippen LogP contribution in [-0.2, 0) is 11.3 Å². The van der Waals surface area contributed by atoms with Gasteiger partial charge in [-0.3, -0.25) is 14.4 Å². The predicted molar refractivity (Wildman–Crippen MR) is 123 cm³/mol. The van der Waals surface area contributed by atoms with E-state index in [-0.39, 0.29) is 18.0 Å². The lowest BCUT2D eigenvalue weighted by atomic mass is 10.1. The molecule has 4 aromatic rings. The van der Waals surface area contributed by atoms with E-state index in [4.69, 9.17) is 0 Å². The Bertz CT molecular complexity index is 1300. The Morgan fingerprint density at radius 3 is 2.00 bits per heavy atom. The van der Waals surface area contributed by atoms with Crippen molar-refractivity contribution in [2.24, 2.45) is 0 Å². The molecule has 4 rings (SSSR count). The molecule has 0 spiro atoms. The molecule has 0 aliphatic carbocycles. The molecule has 1 aromatic heterocycles. The van der Waals surface area contributed by atoms with Crippen LogP contribution >= 0.6 is 0 Å². The van der Waals surface area contributed by atoms with Gasteiger partial charge in [0.1, 0.15) is 6.54 Å². The molecule has 0 unspecified atom stereocenters. The zero-order chi connectivity index (χ0) is 22.3. The third-order valence-electron chi connectivity index (χ3n) is 4.71. The number of hydrogen-bond acceptors (Lipinski definition) is 4. The lowest BCUT2D eigenvalue weighted by Gasteiger charge is -2.13. The minimum absolute atomic E-state index is 0.263. The van der Waals surface area contributed by atoms with Gasteiger partial charge < -0.3 is 10.6 Å². The van der Waals surface area contributed by atoms with E-state index < -0.39 is 5.91 Å². The average molecular weight is 424 g/mol. The first-order chi connectivity index (χ1) is 15.6. The number of rotatable bonds is 6. The van der Waals surface area contributed by atoms with Gasteiger partial charge in [-0.05, 0) is 30.3 Å². The fourth-order valence-electron chi connectivity index (χ4n) is 3.14. The Balaban J connectivity index is 1.50. The molecule has 7 nitrogen and oxygen atoms in total. The molecule has 1 heterocycles. The molecule has 0 aliphatic rings. The summed E-state index contributed by atoms with van der Waals surface area (Å²) in [7, 11) is 0. The Labute approximate surface area is 184 Å². The van der Waals surface area contributed by atoms with Crippen LogP contribution in [0.1, 0.15) is 10.4 Å². The maximum Gasteiger partial charge on any atom is 0.267 e. The fraction of sp³-hybridized carbons (Fsp3) is 0.0400. The number of nitrogens with zero attached hydrogens (tertiary/aromatic N) is 2. The van der Waals surface area contributed by atoms with Crippen molar-refractivity contribution in [3.05, 3.63) is 113 Å². The molecule has 0 saturated heterocycles. The van der Waals surface area contributed by atoms with Crippen molar-refractivity contribution < 1.29 is 9.59 Å². The molecule has 2 amide bonds. The van der Waals surface area contributed by atoms with Gasteiger partial charge in [0.05, 0.1) is 17.1 Å². The van der Waals surface area contributed by atoms with Crippen LogP contribution in [0.3, 0.4) is 0 Å². The molecule has 3 aromatic carbocycles. The van der Waals surface area contributed by atoms with E-state index in [1.54, 1.807) is 54.6 Å². The molecule has 0 bridgehead atoms. The predicted octanol–water partition coefficient (Wildman–Crippen LogP) is 3.80. The lowest BCUT2D eigenvalue weighted by Crippen LogP contribution is -2.29. The van der Waals surface area contributed by atoms with Crippen LogP contribution in [0.5, 0.6) is 0 Å². The number of para-hydroxylation sites is 2. The van der Waals surface area contributed by atoms with E-state index in [2.05, 4.69) is 15.7 Å². The number of hydrogen-bond donors (Lipinski definition) is 2. The van der Waals surface area contributed by atoms with Crippen molar-refractivity contribution in [1.29, 1.82) is 0 Å². The van der Waals surface area contributed by atoms with Crippen LogP contribution in [0, 0.1) is 0 Å². The molecule has 0 aliphatic heterocycles. The second kappa shape index (κ2) is 9.53. The Morgan fingerprint density at radius 1 is 0.719 bits per heavy atom. The molecule has 0 atom stereocenters. The molecular formula is C25H20N4O3. The summed E-state index contributed by atoms with van der Waals surface area (Å²) in [4.78, 5) is 37.4. The summed E-state index contributed by atoms with van der Waals surface area (Å²) in [6, 6.07) is 28.1. The van der Waals surface area contributed by atoms with Crippen molar-refractivity contribution >= 4 is 23.2 Å². The quantitative estimate of drug-likeness (QED) is 0.492. The maximum atomic E-state index is 12.7. The molecule has 0 saturated carbocycles. The molecular weight excluding hydrogens is 404 g/mol. The summed E-state index contributed by atoms with van der Waals surface area (Å²) in [5.74, 6) is -0.730. The second-order valence-corrected chi connectivity index (χ2v) is 6.99. The van der Waals surface area contributed by atoms with Crippen LogP contribution < -0.4 is 16.2 Å². The van der Waals surface area contributed by atoms with Crippen LogP contribution in [-0.4, -0.2) is 21.6 Å². The number of anilines is 2. The topological polar surface area (TPSA) is 93.1 Å². The van der Waals surface area contributed by atoms with Gasteiger partial charge in [-0.25, -0.2) is 4.68 Å². The minimum Gasteiger partial charge on any atom is -0.323 e. The van der Waals surface area contributed by atoms with Crippen molar-refractivity contribution in [3.63, 3.8) is 0 Å². The summed E-state index contributed by atoms with van der Waals surface area (Å²) in [6.45, 7) is -0.263. The second-order valence-electron chi connectivity index (χ2n) is 6.99. The minimum atomic E-state index is -0.439. The van der Waals surface area contributed by atoms with Crippen LogP contribution in [0.4, 0.5) is 11.4 Å². The highest BCUT2D eigenvalue weighted by Gasteiger charge is 2.12. The highest BCUT2D eigenvalue weighted by molar-refractivity contribution is 6.07. The molecule has 32 heavy (non-hydrogen) atoms. The largest absolute Gasteiger partial charge is 0.323 e.